The van der Waals surface area contributed by atoms with E-state index in [9.17, 15) is 18.0 Å². The minimum absolute atomic E-state index is 0.150. The number of nitrogens with zero attached hydrogens (tertiary/aromatic N) is 3. The maximum Gasteiger partial charge on any atom is 0.264 e. The van der Waals surface area contributed by atoms with Crippen molar-refractivity contribution in [2.75, 3.05) is 38.5 Å². The van der Waals surface area contributed by atoms with E-state index in [0.29, 0.717) is 48.3 Å². The van der Waals surface area contributed by atoms with Crippen LogP contribution in [-0.2, 0) is 10.0 Å². The fraction of sp³-hybridized carbons (Fsp3) is 0.227. The number of carbonyl (C=O) groups is 1. The molecule has 0 unspecified atom stereocenters. The Kier molecular flexibility index (Phi) is 6.61. The lowest BCUT2D eigenvalue weighted by atomic mass is 10.2. The molecule has 33 heavy (non-hydrogen) atoms. The van der Waals surface area contributed by atoms with Crippen molar-refractivity contribution >= 4 is 33.2 Å². The average Bonchev–Trinajstić information content (AvgIpc) is 2.80. The third kappa shape index (κ3) is 5.14. The molecular formula is C22H22ClN5O4S. The van der Waals surface area contributed by atoms with Crippen molar-refractivity contribution in [3.8, 4) is 11.4 Å². The molecule has 0 radical (unpaired) electrons. The maximum atomic E-state index is 12.8. The molecule has 4 rings (SSSR count). The first-order chi connectivity index (χ1) is 15.7. The minimum Gasteiger partial charge on any atom is -0.322 e. The summed E-state index contributed by atoms with van der Waals surface area (Å²) in [6, 6.07) is 12.6. The summed E-state index contributed by atoms with van der Waals surface area (Å²) in [5.74, 6) is -0.340. The van der Waals surface area contributed by atoms with Gasteiger partial charge in [0, 0.05) is 48.6 Å². The van der Waals surface area contributed by atoms with Gasteiger partial charge >= 0.3 is 0 Å². The third-order valence-corrected chi connectivity index (χ3v) is 7.54. The van der Waals surface area contributed by atoms with Gasteiger partial charge in [0.25, 0.3) is 11.5 Å². The predicted octanol–water partition coefficient (Wildman–Crippen LogP) is 2.28. The van der Waals surface area contributed by atoms with Gasteiger partial charge in [-0.3, -0.25) is 9.59 Å². The lowest BCUT2D eigenvalue weighted by Gasteiger charge is -2.31. The Morgan fingerprint density at radius 1 is 1.03 bits per heavy atom. The number of sulfonamides is 1. The number of aromatic amines is 1. The number of benzene rings is 2. The third-order valence-electron chi connectivity index (χ3n) is 5.37. The number of H-pyrrole nitrogens is 1. The first kappa shape index (κ1) is 23.1. The van der Waals surface area contributed by atoms with Gasteiger partial charge in [0.15, 0.2) is 0 Å². The summed E-state index contributed by atoms with van der Waals surface area (Å²) in [6.07, 6.45) is 1.20. The second-order valence-corrected chi connectivity index (χ2v) is 10.0. The van der Waals surface area contributed by atoms with Gasteiger partial charge in [0.1, 0.15) is 11.4 Å². The van der Waals surface area contributed by atoms with Crippen LogP contribution in [0.15, 0.2) is 64.4 Å². The lowest BCUT2D eigenvalue weighted by Crippen LogP contribution is -2.46. The number of anilines is 1. The van der Waals surface area contributed by atoms with Crippen molar-refractivity contribution in [1.29, 1.82) is 0 Å². The number of nitrogens with one attached hydrogen (secondary N) is 2. The molecule has 172 valence electrons. The number of likely N-dealkylation sites (N-methyl/N-ethyl adjacent to an activating group) is 1. The van der Waals surface area contributed by atoms with Crippen LogP contribution in [0.3, 0.4) is 0 Å². The fourth-order valence-electron chi connectivity index (χ4n) is 3.40. The summed E-state index contributed by atoms with van der Waals surface area (Å²) in [6.45, 7) is 2.21. The molecule has 0 spiro atoms. The first-order valence-corrected chi connectivity index (χ1v) is 12.0. The van der Waals surface area contributed by atoms with E-state index in [-0.39, 0.29) is 10.5 Å². The van der Waals surface area contributed by atoms with Crippen molar-refractivity contribution < 1.29 is 13.2 Å². The molecule has 0 aliphatic carbocycles. The molecule has 1 aliphatic heterocycles. The Bertz CT molecular complexity index is 1320. The van der Waals surface area contributed by atoms with Crippen LogP contribution in [0.25, 0.3) is 11.4 Å². The van der Waals surface area contributed by atoms with Crippen molar-refractivity contribution in [3.05, 3.63) is 75.7 Å². The number of aromatic nitrogens is 2. The second kappa shape index (κ2) is 9.44. The topological polar surface area (TPSA) is 115 Å². The van der Waals surface area contributed by atoms with Crippen LogP contribution < -0.4 is 10.9 Å². The Hall–Kier alpha value is -3.05. The monoisotopic (exact) mass is 487 g/mol. The van der Waals surface area contributed by atoms with E-state index in [1.54, 1.807) is 24.3 Å². The number of hydrogen-bond donors (Lipinski definition) is 2. The summed E-state index contributed by atoms with van der Waals surface area (Å²) in [5.41, 5.74) is 0.252. The van der Waals surface area contributed by atoms with Crippen LogP contribution in [0.4, 0.5) is 5.69 Å². The molecule has 9 nitrogen and oxygen atoms in total. The highest BCUT2D eigenvalue weighted by Gasteiger charge is 2.27. The molecule has 0 atom stereocenters. The normalized spacial score (nSPS) is 15.3. The van der Waals surface area contributed by atoms with Crippen LogP contribution in [0.2, 0.25) is 5.02 Å². The summed E-state index contributed by atoms with van der Waals surface area (Å²) < 4.78 is 27.1. The average molecular weight is 488 g/mol. The van der Waals surface area contributed by atoms with E-state index >= 15 is 0 Å². The van der Waals surface area contributed by atoms with Crippen LogP contribution in [-0.4, -0.2) is 66.7 Å². The smallest absolute Gasteiger partial charge is 0.264 e. The molecule has 2 heterocycles. The molecule has 1 saturated heterocycles. The van der Waals surface area contributed by atoms with E-state index in [1.165, 1.54) is 34.8 Å². The van der Waals surface area contributed by atoms with Crippen LogP contribution in [0, 0.1) is 0 Å². The second-order valence-electron chi connectivity index (χ2n) is 7.67. The number of piperazine rings is 1. The molecule has 2 aromatic carbocycles. The van der Waals surface area contributed by atoms with E-state index in [4.69, 9.17) is 11.6 Å². The largest absolute Gasteiger partial charge is 0.322 e. The summed E-state index contributed by atoms with van der Waals surface area (Å²) >= 11 is 5.87. The summed E-state index contributed by atoms with van der Waals surface area (Å²) in [4.78, 5) is 34.0. The number of hydrogen-bond acceptors (Lipinski definition) is 6. The van der Waals surface area contributed by atoms with Gasteiger partial charge in [0.05, 0.1) is 4.90 Å². The van der Waals surface area contributed by atoms with Gasteiger partial charge in [-0.1, -0.05) is 11.6 Å². The van der Waals surface area contributed by atoms with Crippen LogP contribution >= 0.6 is 11.6 Å². The summed E-state index contributed by atoms with van der Waals surface area (Å²) in [7, 11) is -1.65. The standard InChI is InChI=1S/C22H22ClN5O4S/c1-27-10-12-28(13-11-27)33(31,32)18-8-6-17(7-9-18)25-21(29)19-14-24-20(26-22(19)30)15-2-4-16(23)5-3-15/h2-9,14H,10-13H2,1H3,(H,25,29)(H,24,26,30). The zero-order valence-corrected chi connectivity index (χ0v) is 19.4. The van der Waals surface area contributed by atoms with Gasteiger partial charge < -0.3 is 15.2 Å². The lowest BCUT2D eigenvalue weighted by molar-refractivity contribution is 0.102. The molecule has 1 aromatic heterocycles. The van der Waals surface area contributed by atoms with Gasteiger partial charge in [-0.05, 0) is 55.6 Å². The molecule has 0 saturated carbocycles. The Labute approximate surface area is 196 Å². The molecule has 3 aromatic rings. The number of amides is 1. The maximum absolute atomic E-state index is 12.8. The highest BCUT2D eigenvalue weighted by Crippen LogP contribution is 2.20. The van der Waals surface area contributed by atoms with Crippen molar-refractivity contribution in [3.63, 3.8) is 0 Å². The van der Waals surface area contributed by atoms with Gasteiger partial charge in [0.2, 0.25) is 10.0 Å². The minimum atomic E-state index is -3.60. The van der Waals surface area contributed by atoms with Crippen LogP contribution in [0.1, 0.15) is 10.4 Å². The van der Waals surface area contributed by atoms with Crippen molar-refractivity contribution in [1.82, 2.24) is 19.2 Å². The predicted molar refractivity (Wildman–Crippen MR) is 126 cm³/mol. The van der Waals surface area contributed by atoms with Gasteiger partial charge in [-0.15, -0.1) is 0 Å². The van der Waals surface area contributed by atoms with Crippen molar-refractivity contribution in [2.24, 2.45) is 0 Å². The Morgan fingerprint density at radius 2 is 1.67 bits per heavy atom. The quantitative estimate of drug-likeness (QED) is 0.570. The van der Waals surface area contributed by atoms with Crippen molar-refractivity contribution in [2.45, 2.75) is 4.90 Å². The molecule has 11 heteroatoms. The number of carbonyl (C=O) groups excluding carboxylic acids is 1. The highest BCUT2D eigenvalue weighted by molar-refractivity contribution is 7.89. The number of rotatable bonds is 5. The van der Waals surface area contributed by atoms with E-state index in [1.807, 2.05) is 7.05 Å². The van der Waals surface area contributed by atoms with E-state index < -0.39 is 21.5 Å². The van der Waals surface area contributed by atoms with E-state index in [2.05, 4.69) is 20.2 Å². The molecule has 0 bridgehead atoms. The first-order valence-electron chi connectivity index (χ1n) is 10.2. The molecule has 1 amide bonds. The fourth-order valence-corrected chi connectivity index (χ4v) is 4.95. The SMILES string of the molecule is CN1CCN(S(=O)(=O)c2ccc(NC(=O)c3cnc(-c4ccc(Cl)cc4)[nH]c3=O)cc2)CC1. The molecular weight excluding hydrogens is 466 g/mol. The zero-order valence-electron chi connectivity index (χ0n) is 17.8. The van der Waals surface area contributed by atoms with Crippen LogP contribution in [0.5, 0.6) is 0 Å². The Morgan fingerprint density at radius 3 is 2.27 bits per heavy atom. The van der Waals surface area contributed by atoms with Gasteiger partial charge in [-0.2, -0.15) is 4.31 Å². The molecule has 1 aliphatic rings. The summed E-state index contributed by atoms with van der Waals surface area (Å²) in [5, 5.41) is 3.15. The zero-order chi connectivity index (χ0) is 23.6. The number of halogens is 1. The van der Waals surface area contributed by atoms with Gasteiger partial charge in [-0.25, -0.2) is 13.4 Å². The Balaban J connectivity index is 1.46. The highest BCUT2D eigenvalue weighted by atomic mass is 35.5. The molecule has 1 fully saturated rings. The molecule has 2 N–H and O–H groups in total. The van der Waals surface area contributed by atoms with E-state index in [0.717, 1.165) is 0 Å².